The molecule has 0 spiro atoms. The second-order valence-electron chi connectivity index (χ2n) is 9.71. The molecule has 10 nitrogen and oxygen atoms in total. The number of benzene rings is 2. The van der Waals surface area contributed by atoms with Gasteiger partial charge in [-0.15, -0.1) is 0 Å². The van der Waals surface area contributed by atoms with Crippen LogP contribution in [-0.4, -0.2) is 76.3 Å². The number of ether oxygens (including phenoxy) is 2. The Morgan fingerprint density at radius 2 is 1.82 bits per heavy atom. The van der Waals surface area contributed by atoms with E-state index in [4.69, 9.17) is 9.47 Å². The fourth-order valence-corrected chi connectivity index (χ4v) is 5.13. The molecule has 1 heterocycles. The molecule has 0 aromatic heterocycles. The summed E-state index contributed by atoms with van der Waals surface area (Å²) in [5, 5.41) is 33.4. The number of Topliss-reactive ketones (excluding diaryl/α,β-unsaturated/α-hetero) is 1. The van der Waals surface area contributed by atoms with Gasteiger partial charge in [0.1, 0.15) is 12.2 Å². The molecule has 208 valence electrons. The summed E-state index contributed by atoms with van der Waals surface area (Å²) in [7, 11) is 1.45. The molecule has 0 fully saturated rings. The molecule has 4 rings (SSSR count). The van der Waals surface area contributed by atoms with Gasteiger partial charge in [-0.1, -0.05) is 36.8 Å². The number of aryl methyl sites for hydroxylation is 1. The molecule has 4 atom stereocenters. The summed E-state index contributed by atoms with van der Waals surface area (Å²) in [5.41, 5.74) is 3.07. The van der Waals surface area contributed by atoms with Crippen molar-refractivity contribution >= 4 is 17.6 Å². The van der Waals surface area contributed by atoms with Crippen LogP contribution in [0.4, 0.5) is 0 Å². The number of ketones is 1. The van der Waals surface area contributed by atoms with Crippen LogP contribution in [0.5, 0.6) is 11.5 Å². The first-order chi connectivity index (χ1) is 18.7. The Morgan fingerprint density at radius 1 is 1.10 bits per heavy atom. The molecule has 0 radical (unpaired) electrons. The highest BCUT2D eigenvalue weighted by molar-refractivity contribution is 6.36. The molecule has 2 aromatic rings. The van der Waals surface area contributed by atoms with Gasteiger partial charge in [-0.3, -0.25) is 14.4 Å². The fraction of sp³-hybridized carbons (Fsp3) is 0.414. The molecular formula is C29H34N2O8. The molecule has 0 saturated carbocycles. The lowest BCUT2D eigenvalue weighted by molar-refractivity contribution is -0.148. The van der Waals surface area contributed by atoms with Gasteiger partial charge in [-0.05, 0) is 36.3 Å². The van der Waals surface area contributed by atoms with Crippen molar-refractivity contribution < 1.29 is 39.2 Å². The first-order valence-electron chi connectivity index (χ1n) is 12.9. The number of hydrogen-bond acceptors (Lipinski definition) is 8. The second kappa shape index (κ2) is 12.0. The largest absolute Gasteiger partial charge is 0.493 e. The van der Waals surface area contributed by atoms with Crippen molar-refractivity contribution in [2.75, 3.05) is 20.3 Å². The Bertz CT molecular complexity index is 1270. The van der Waals surface area contributed by atoms with Gasteiger partial charge in [-0.2, -0.15) is 0 Å². The van der Waals surface area contributed by atoms with Crippen molar-refractivity contribution in [2.24, 2.45) is 0 Å². The number of nitrogens with zero attached hydrogens (tertiary/aromatic N) is 1. The zero-order valence-corrected chi connectivity index (χ0v) is 22.2. The summed E-state index contributed by atoms with van der Waals surface area (Å²) in [6.07, 6.45) is -0.810. The van der Waals surface area contributed by atoms with Gasteiger partial charge in [0.25, 0.3) is 5.91 Å². The minimum absolute atomic E-state index is 0.00513. The summed E-state index contributed by atoms with van der Waals surface area (Å²) in [6.45, 7) is 2.98. The van der Waals surface area contributed by atoms with Crippen LogP contribution in [0.2, 0.25) is 0 Å². The molecule has 0 saturated heterocycles. The standard InChI is InChI=1S/C29H34N2O8/c1-4-22(34)29(37)31(14-17-7-5-16(2)6-8-17)21-13-20(28(36)30-9-10-32)24-19-11-18(15-33)12-23(38-3)26(19)39-27(24)25(21)35/h5-8,11-13,21,24-25,27,32-33,35H,4,9-10,14-15H2,1-3H3,(H,30,36). The van der Waals surface area contributed by atoms with E-state index in [1.54, 1.807) is 19.1 Å². The summed E-state index contributed by atoms with van der Waals surface area (Å²) in [6, 6.07) is 9.69. The van der Waals surface area contributed by atoms with Gasteiger partial charge in [0, 0.05) is 30.6 Å². The average Bonchev–Trinajstić information content (AvgIpc) is 3.34. The molecule has 39 heavy (non-hydrogen) atoms. The van der Waals surface area contributed by atoms with Gasteiger partial charge in [0.15, 0.2) is 11.5 Å². The highest BCUT2D eigenvalue weighted by Crippen LogP contribution is 2.51. The third-order valence-corrected chi connectivity index (χ3v) is 7.15. The van der Waals surface area contributed by atoms with Gasteiger partial charge < -0.3 is 35.0 Å². The van der Waals surface area contributed by atoms with Crippen molar-refractivity contribution in [3.05, 3.63) is 70.3 Å². The third kappa shape index (κ3) is 5.54. The number of hydrogen-bond donors (Lipinski definition) is 4. The Hall–Kier alpha value is -3.73. The lowest BCUT2D eigenvalue weighted by atomic mass is 9.77. The van der Waals surface area contributed by atoms with Gasteiger partial charge >= 0.3 is 0 Å². The average molecular weight is 539 g/mol. The Morgan fingerprint density at radius 3 is 2.44 bits per heavy atom. The lowest BCUT2D eigenvalue weighted by Crippen LogP contribution is -2.56. The summed E-state index contributed by atoms with van der Waals surface area (Å²) >= 11 is 0. The maximum atomic E-state index is 13.4. The van der Waals surface area contributed by atoms with Crippen LogP contribution in [0, 0.1) is 6.92 Å². The van der Waals surface area contributed by atoms with Crippen LogP contribution >= 0.6 is 0 Å². The van der Waals surface area contributed by atoms with E-state index in [9.17, 15) is 29.7 Å². The van der Waals surface area contributed by atoms with Crippen molar-refractivity contribution in [2.45, 2.75) is 57.6 Å². The summed E-state index contributed by atoms with van der Waals surface area (Å²) in [4.78, 5) is 40.6. The number of nitrogens with one attached hydrogen (secondary N) is 1. The van der Waals surface area contributed by atoms with Crippen molar-refractivity contribution in [3.63, 3.8) is 0 Å². The highest BCUT2D eigenvalue weighted by atomic mass is 16.5. The zero-order chi connectivity index (χ0) is 28.3. The normalized spacial score (nSPS) is 21.2. The minimum atomic E-state index is -1.31. The molecule has 1 aliphatic carbocycles. The van der Waals surface area contributed by atoms with Gasteiger partial charge in [0.2, 0.25) is 11.7 Å². The minimum Gasteiger partial charge on any atom is -0.493 e. The van der Waals surface area contributed by atoms with Crippen molar-refractivity contribution in [1.29, 1.82) is 0 Å². The number of aliphatic hydroxyl groups is 3. The summed E-state index contributed by atoms with van der Waals surface area (Å²) in [5.74, 6) is -2.00. The lowest BCUT2D eigenvalue weighted by Gasteiger charge is -2.40. The van der Waals surface area contributed by atoms with Crippen LogP contribution < -0.4 is 14.8 Å². The molecule has 10 heteroatoms. The number of carbonyl (C=O) groups excluding carboxylic acids is 3. The first-order valence-corrected chi connectivity index (χ1v) is 12.9. The summed E-state index contributed by atoms with van der Waals surface area (Å²) < 4.78 is 11.7. The smallest absolute Gasteiger partial charge is 0.290 e. The SMILES string of the molecule is CCC(=O)C(=O)N(Cc1ccc(C)cc1)C1C=C(C(=O)NCCO)C2c3cc(CO)cc(OC)c3OC2C1O. The van der Waals surface area contributed by atoms with Crippen LogP contribution in [0.3, 0.4) is 0 Å². The van der Waals surface area contributed by atoms with Crippen LogP contribution in [0.15, 0.2) is 48.0 Å². The maximum absolute atomic E-state index is 13.4. The van der Waals surface area contributed by atoms with E-state index in [0.29, 0.717) is 22.6 Å². The number of rotatable bonds is 10. The van der Waals surface area contributed by atoms with E-state index in [-0.39, 0.29) is 38.3 Å². The number of amides is 2. The van der Waals surface area contributed by atoms with Gasteiger partial charge in [0.05, 0.1) is 32.3 Å². The van der Waals surface area contributed by atoms with Crippen LogP contribution in [0.1, 0.15) is 41.5 Å². The van der Waals surface area contributed by atoms with E-state index < -0.39 is 41.8 Å². The maximum Gasteiger partial charge on any atom is 0.290 e. The molecule has 2 amide bonds. The Kier molecular flexibility index (Phi) is 8.69. The number of carbonyl (C=O) groups is 3. The van der Waals surface area contributed by atoms with Gasteiger partial charge in [-0.25, -0.2) is 0 Å². The van der Waals surface area contributed by atoms with Crippen molar-refractivity contribution in [1.82, 2.24) is 10.2 Å². The number of fused-ring (bicyclic) bond motifs is 3. The Balaban J connectivity index is 1.83. The van der Waals surface area contributed by atoms with E-state index in [2.05, 4.69) is 5.32 Å². The quantitative estimate of drug-likeness (QED) is 0.330. The van der Waals surface area contributed by atoms with Crippen LogP contribution in [-0.2, 0) is 27.5 Å². The Labute approximate surface area is 226 Å². The first kappa shape index (κ1) is 28.3. The highest BCUT2D eigenvalue weighted by Gasteiger charge is 2.51. The molecule has 2 aliphatic rings. The van der Waals surface area contributed by atoms with E-state index >= 15 is 0 Å². The molecule has 4 unspecified atom stereocenters. The zero-order valence-electron chi connectivity index (χ0n) is 22.2. The third-order valence-electron chi connectivity index (χ3n) is 7.15. The predicted octanol–water partition coefficient (Wildman–Crippen LogP) is 1.13. The van der Waals surface area contributed by atoms with E-state index in [1.165, 1.54) is 18.1 Å². The molecule has 0 bridgehead atoms. The van der Waals surface area contributed by atoms with Crippen molar-refractivity contribution in [3.8, 4) is 11.5 Å². The van der Waals surface area contributed by atoms with Crippen LogP contribution in [0.25, 0.3) is 0 Å². The monoisotopic (exact) mass is 538 g/mol. The fourth-order valence-electron chi connectivity index (χ4n) is 5.13. The van der Waals surface area contributed by atoms with E-state index in [1.807, 2.05) is 31.2 Å². The number of aliphatic hydroxyl groups excluding tert-OH is 3. The number of methoxy groups -OCH3 is 1. The molecular weight excluding hydrogens is 504 g/mol. The molecule has 4 N–H and O–H groups in total. The second-order valence-corrected chi connectivity index (χ2v) is 9.71. The molecule has 1 aliphatic heterocycles. The topological polar surface area (TPSA) is 146 Å². The van der Waals surface area contributed by atoms with E-state index in [0.717, 1.165) is 11.1 Å². The predicted molar refractivity (Wildman–Crippen MR) is 141 cm³/mol. The molecule has 2 aromatic carbocycles.